The lowest BCUT2D eigenvalue weighted by Crippen LogP contribution is -2.06. The normalized spacial score (nSPS) is 18.2. The zero-order chi connectivity index (χ0) is 9.64. The molecule has 0 aliphatic carbocycles. The molecule has 0 radical (unpaired) electrons. The predicted octanol–water partition coefficient (Wildman–Crippen LogP) is 3.52. The predicted molar refractivity (Wildman–Crippen MR) is 59.1 cm³/mol. The van der Waals surface area contributed by atoms with Crippen LogP contribution in [0.25, 0.3) is 0 Å². The van der Waals surface area contributed by atoms with E-state index in [1.54, 1.807) is 6.07 Å². The summed E-state index contributed by atoms with van der Waals surface area (Å²) in [5.74, 6) is -0.329. The molecule has 0 fully saturated rings. The third kappa shape index (κ3) is 1.57. The highest BCUT2D eigenvalue weighted by Crippen LogP contribution is 2.47. The minimum absolute atomic E-state index is 0.329. The van der Waals surface area contributed by atoms with Gasteiger partial charge in [0.25, 0.3) is 0 Å². The van der Waals surface area contributed by atoms with Gasteiger partial charge in [0.2, 0.25) is 3.42 Å². The minimum Gasteiger partial charge on any atom is -0.429 e. The Morgan fingerprint density at radius 2 is 2.00 bits per heavy atom. The second kappa shape index (κ2) is 3.07. The average Bonchev–Trinajstić information content (AvgIpc) is 2.22. The van der Waals surface area contributed by atoms with Gasteiger partial charge in [0.15, 0.2) is 0 Å². The molecule has 5 heteroatoms. The molecular weight excluding hydrogens is 368 g/mol. The Balaban J connectivity index is 2.66. The molecule has 0 atom stereocenters. The molecule has 0 bridgehead atoms. The van der Waals surface area contributed by atoms with E-state index in [9.17, 15) is 4.79 Å². The number of hydrogen-bond donors (Lipinski definition) is 0. The molecule has 1 aromatic rings. The Morgan fingerprint density at radius 1 is 1.31 bits per heavy atom. The van der Waals surface area contributed by atoms with Crippen molar-refractivity contribution in [2.75, 3.05) is 0 Å². The summed E-state index contributed by atoms with van der Waals surface area (Å²) in [6.07, 6.45) is 0. The number of alkyl halides is 2. The maximum absolute atomic E-state index is 11.3. The molecule has 0 N–H and O–H groups in total. The van der Waals surface area contributed by atoms with Crippen LogP contribution >= 0.6 is 47.8 Å². The van der Waals surface area contributed by atoms with Gasteiger partial charge < -0.3 is 4.74 Å². The first-order chi connectivity index (χ1) is 6.00. The summed E-state index contributed by atoms with van der Waals surface area (Å²) in [5.41, 5.74) is 1.36. The van der Waals surface area contributed by atoms with E-state index >= 15 is 0 Å². The standard InChI is InChI=1S/C8H3Br3O2/c9-4-1-2-6-5(3-4)7(12)13-8(6,10)11/h1-3H. The highest BCUT2D eigenvalue weighted by molar-refractivity contribution is 9.24. The van der Waals surface area contributed by atoms with E-state index in [1.807, 2.05) is 12.1 Å². The first kappa shape index (κ1) is 9.68. The summed E-state index contributed by atoms with van der Waals surface area (Å²) in [4.78, 5) is 11.3. The number of carbonyl (C=O) groups is 1. The summed E-state index contributed by atoms with van der Waals surface area (Å²) in [6, 6.07) is 5.42. The molecule has 68 valence electrons. The monoisotopic (exact) mass is 368 g/mol. The van der Waals surface area contributed by atoms with Crippen LogP contribution in [-0.4, -0.2) is 5.97 Å². The number of carbonyl (C=O) groups excluding carboxylic acids is 1. The van der Waals surface area contributed by atoms with Crippen LogP contribution in [0.1, 0.15) is 15.9 Å². The van der Waals surface area contributed by atoms with Crippen LogP contribution in [0.4, 0.5) is 0 Å². The van der Waals surface area contributed by atoms with Crippen molar-refractivity contribution in [2.24, 2.45) is 0 Å². The lowest BCUT2D eigenvalue weighted by Gasteiger charge is -2.11. The number of rotatable bonds is 0. The molecule has 0 spiro atoms. The van der Waals surface area contributed by atoms with Crippen LogP contribution in [-0.2, 0) is 8.16 Å². The fourth-order valence-electron chi connectivity index (χ4n) is 1.17. The third-order valence-electron chi connectivity index (χ3n) is 1.74. The van der Waals surface area contributed by atoms with Gasteiger partial charge in [-0.25, -0.2) is 4.79 Å². The van der Waals surface area contributed by atoms with Gasteiger partial charge in [0, 0.05) is 10.0 Å². The van der Waals surface area contributed by atoms with Crippen molar-refractivity contribution in [2.45, 2.75) is 3.42 Å². The van der Waals surface area contributed by atoms with Crippen LogP contribution in [0, 0.1) is 0 Å². The number of ether oxygens (including phenoxy) is 1. The number of hydrogen-bond acceptors (Lipinski definition) is 2. The maximum Gasteiger partial charge on any atom is 0.341 e. The van der Waals surface area contributed by atoms with Crippen molar-refractivity contribution in [3.8, 4) is 0 Å². The van der Waals surface area contributed by atoms with E-state index in [-0.39, 0.29) is 5.97 Å². The summed E-state index contributed by atoms with van der Waals surface area (Å²) < 4.78 is 5.06. The van der Waals surface area contributed by atoms with Crippen molar-refractivity contribution in [1.82, 2.24) is 0 Å². The smallest absolute Gasteiger partial charge is 0.341 e. The molecule has 2 rings (SSSR count). The lowest BCUT2D eigenvalue weighted by atomic mass is 10.1. The average molecular weight is 371 g/mol. The number of benzene rings is 1. The van der Waals surface area contributed by atoms with E-state index < -0.39 is 3.42 Å². The van der Waals surface area contributed by atoms with E-state index in [0.717, 1.165) is 10.0 Å². The molecule has 1 aliphatic rings. The van der Waals surface area contributed by atoms with E-state index in [4.69, 9.17) is 4.74 Å². The number of fused-ring (bicyclic) bond motifs is 1. The zero-order valence-electron chi connectivity index (χ0n) is 6.18. The molecule has 0 saturated heterocycles. The Hall–Kier alpha value is 0.130. The van der Waals surface area contributed by atoms with E-state index in [1.165, 1.54) is 0 Å². The molecular formula is C8H3Br3O2. The van der Waals surface area contributed by atoms with Gasteiger partial charge in [0.05, 0.1) is 5.56 Å². The Morgan fingerprint density at radius 3 is 2.69 bits per heavy atom. The number of esters is 1. The van der Waals surface area contributed by atoms with Crippen molar-refractivity contribution < 1.29 is 9.53 Å². The molecule has 0 amide bonds. The molecule has 1 aliphatic heterocycles. The Bertz CT molecular complexity index is 387. The summed E-state index contributed by atoms with van der Waals surface area (Å²) >= 11 is 9.82. The molecule has 13 heavy (non-hydrogen) atoms. The fourth-order valence-corrected chi connectivity index (χ4v) is 2.51. The summed E-state index contributed by atoms with van der Waals surface area (Å²) in [5, 5.41) is 0. The van der Waals surface area contributed by atoms with Gasteiger partial charge in [0.1, 0.15) is 0 Å². The molecule has 1 aromatic carbocycles. The van der Waals surface area contributed by atoms with E-state index in [2.05, 4.69) is 47.8 Å². The van der Waals surface area contributed by atoms with Crippen molar-refractivity contribution >= 4 is 53.8 Å². The largest absolute Gasteiger partial charge is 0.429 e. The number of cyclic esters (lactones) is 1. The topological polar surface area (TPSA) is 26.3 Å². The van der Waals surface area contributed by atoms with Gasteiger partial charge in [-0.1, -0.05) is 22.0 Å². The zero-order valence-corrected chi connectivity index (χ0v) is 10.9. The second-order valence-corrected chi connectivity index (χ2v) is 6.81. The molecule has 0 aromatic heterocycles. The summed E-state index contributed by atoms with van der Waals surface area (Å²) in [7, 11) is 0. The molecule has 1 heterocycles. The highest BCUT2D eigenvalue weighted by atomic mass is 79.9. The van der Waals surface area contributed by atoms with Crippen molar-refractivity contribution in [3.05, 3.63) is 33.8 Å². The maximum atomic E-state index is 11.3. The lowest BCUT2D eigenvalue weighted by molar-refractivity contribution is 0.0493. The van der Waals surface area contributed by atoms with Gasteiger partial charge in [-0.3, -0.25) is 0 Å². The Kier molecular flexibility index (Phi) is 2.28. The first-order valence-electron chi connectivity index (χ1n) is 3.42. The van der Waals surface area contributed by atoms with Crippen LogP contribution in [0.3, 0.4) is 0 Å². The molecule has 0 saturated carbocycles. The van der Waals surface area contributed by atoms with Crippen LogP contribution < -0.4 is 0 Å². The van der Waals surface area contributed by atoms with Crippen LogP contribution in [0.5, 0.6) is 0 Å². The van der Waals surface area contributed by atoms with Crippen molar-refractivity contribution in [3.63, 3.8) is 0 Å². The van der Waals surface area contributed by atoms with Gasteiger partial charge in [-0.15, -0.1) is 0 Å². The SMILES string of the molecule is O=C1OC(Br)(Br)c2ccc(Br)cc21. The van der Waals surface area contributed by atoms with Gasteiger partial charge >= 0.3 is 5.97 Å². The van der Waals surface area contributed by atoms with E-state index in [0.29, 0.717) is 5.56 Å². The van der Waals surface area contributed by atoms with Crippen molar-refractivity contribution in [1.29, 1.82) is 0 Å². The number of halogens is 3. The highest BCUT2D eigenvalue weighted by Gasteiger charge is 2.41. The molecule has 2 nitrogen and oxygen atoms in total. The second-order valence-electron chi connectivity index (χ2n) is 2.60. The quantitative estimate of drug-likeness (QED) is 0.516. The summed E-state index contributed by atoms with van der Waals surface area (Å²) in [6.45, 7) is 0. The van der Waals surface area contributed by atoms with Crippen LogP contribution in [0.15, 0.2) is 22.7 Å². The third-order valence-corrected chi connectivity index (χ3v) is 3.41. The fraction of sp³-hybridized carbons (Fsp3) is 0.125. The first-order valence-corrected chi connectivity index (χ1v) is 5.80. The Labute approximate surface area is 100 Å². The molecule has 0 unspecified atom stereocenters. The van der Waals surface area contributed by atoms with Gasteiger partial charge in [-0.05, 0) is 44.0 Å². The minimum atomic E-state index is -0.854. The van der Waals surface area contributed by atoms with Gasteiger partial charge in [-0.2, -0.15) is 0 Å². The van der Waals surface area contributed by atoms with Crippen LogP contribution in [0.2, 0.25) is 0 Å².